The van der Waals surface area contributed by atoms with Crippen molar-refractivity contribution in [2.24, 2.45) is 0 Å². The molecule has 0 radical (unpaired) electrons. The molecule has 0 aliphatic heterocycles. The maximum absolute atomic E-state index is 6.44. The van der Waals surface area contributed by atoms with Crippen LogP contribution in [-0.2, 0) is 0 Å². The van der Waals surface area contributed by atoms with Gasteiger partial charge < -0.3 is 10.2 Å². The van der Waals surface area contributed by atoms with Gasteiger partial charge in [-0.2, -0.15) is 11.8 Å². The molecule has 0 heterocycles. The van der Waals surface area contributed by atoms with E-state index in [9.17, 15) is 0 Å². The summed E-state index contributed by atoms with van der Waals surface area (Å²) in [7, 11) is 2.14. The highest BCUT2D eigenvalue weighted by atomic mass is 35.5. The Balaban J connectivity index is 2.80. The first-order valence-electron chi connectivity index (χ1n) is 7.25. The second-order valence-corrected chi connectivity index (χ2v) is 6.62. The molecule has 0 saturated heterocycles. The van der Waals surface area contributed by atoms with Gasteiger partial charge in [0, 0.05) is 29.8 Å². The quantitative estimate of drug-likeness (QED) is 0.755. The lowest BCUT2D eigenvalue weighted by atomic mass is 10.1. The molecule has 0 bridgehead atoms. The first-order chi connectivity index (χ1) is 9.51. The van der Waals surface area contributed by atoms with Crippen LogP contribution in [0.1, 0.15) is 38.8 Å². The number of hydrogen-bond donors (Lipinski definition) is 1. The molecule has 0 aliphatic carbocycles. The number of anilines is 1. The van der Waals surface area contributed by atoms with Crippen LogP contribution in [0.4, 0.5) is 5.69 Å². The van der Waals surface area contributed by atoms with Gasteiger partial charge in [-0.1, -0.05) is 24.6 Å². The maximum Gasteiger partial charge on any atom is 0.0474 e. The van der Waals surface area contributed by atoms with Crippen molar-refractivity contribution in [3.05, 3.63) is 28.8 Å². The molecule has 2 unspecified atom stereocenters. The van der Waals surface area contributed by atoms with E-state index in [0.29, 0.717) is 12.1 Å². The van der Waals surface area contributed by atoms with E-state index in [-0.39, 0.29) is 0 Å². The number of hydrogen-bond acceptors (Lipinski definition) is 3. The third-order valence-electron chi connectivity index (χ3n) is 3.77. The molecular formula is C16H27ClN2S. The predicted octanol–water partition coefficient (Wildman–Crippen LogP) is 4.59. The SMILES string of the molecule is CCNC(C)c1ccc(N(C)C(C)CCSC)cc1Cl. The van der Waals surface area contributed by atoms with E-state index in [1.54, 1.807) is 0 Å². The molecule has 0 aromatic heterocycles. The Kier molecular flexibility index (Phi) is 7.78. The summed E-state index contributed by atoms with van der Waals surface area (Å²) in [6, 6.07) is 7.21. The molecule has 0 aliphatic rings. The fourth-order valence-electron chi connectivity index (χ4n) is 2.24. The fraction of sp³-hybridized carbons (Fsp3) is 0.625. The van der Waals surface area contributed by atoms with Crippen molar-refractivity contribution in [1.82, 2.24) is 5.32 Å². The van der Waals surface area contributed by atoms with Gasteiger partial charge in [-0.3, -0.25) is 0 Å². The zero-order valence-corrected chi connectivity index (χ0v) is 14.8. The number of nitrogens with one attached hydrogen (secondary N) is 1. The van der Waals surface area contributed by atoms with E-state index in [1.807, 2.05) is 11.8 Å². The van der Waals surface area contributed by atoms with Gasteiger partial charge in [0.05, 0.1) is 0 Å². The summed E-state index contributed by atoms with van der Waals surface area (Å²) in [5.41, 5.74) is 2.36. The van der Waals surface area contributed by atoms with Crippen LogP contribution >= 0.6 is 23.4 Å². The molecule has 0 fully saturated rings. The molecule has 2 atom stereocenters. The average Bonchev–Trinajstić information content (AvgIpc) is 2.43. The van der Waals surface area contributed by atoms with Gasteiger partial charge in [0.2, 0.25) is 0 Å². The molecule has 1 N–H and O–H groups in total. The molecular weight excluding hydrogens is 288 g/mol. The van der Waals surface area contributed by atoms with Crippen LogP contribution in [-0.4, -0.2) is 31.6 Å². The molecule has 0 amide bonds. The van der Waals surface area contributed by atoms with Gasteiger partial charge in [0.15, 0.2) is 0 Å². The van der Waals surface area contributed by atoms with Crippen molar-refractivity contribution in [3.63, 3.8) is 0 Å². The Labute approximate surface area is 133 Å². The van der Waals surface area contributed by atoms with E-state index >= 15 is 0 Å². The van der Waals surface area contributed by atoms with Crippen LogP contribution in [0.15, 0.2) is 18.2 Å². The molecule has 20 heavy (non-hydrogen) atoms. The molecule has 1 rings (SSSR count). The highest BCUT2D eigenvalue weighted by molar-refractivity contribution is 7.98. The molecule has 0 spiro atoms. The minimum absolute atomic E-state index is 0.292. The minimum atomic E-state index is 0.292. The minimum Gasteiger partial charge on any atom is -0.372 e. The summed E-state index contributed by atoms with van der Waals surface area (Å²) in [6.07, 6.45) is 3.34. The van der Waals surface area contributed by atoms with Crippen LogP contribution in [0.3, 0.4) is 0 Å². The Morgan fingerprint density at radius 1 is 1.35 bits per heavy atom. The van der Waals surface area contributed by atoms with Crippen molar-refractivity contribution >= 4 is 29.1 Å². The second kappa shape index (κ2) is 8.81. The number of thioether (sulfide) groups is 1. The van der Waals surface area contributed by atoms with E-state index in [0.717, 1.165) is 11.6 Å². The molecule has 2 nitrogen and oxygen atoms in total. The second-order valence-electron chi connectivity index (χ2n) is 5.23. The van der Waals surface area contributed by atoms with E-state index < -0.39 is 0 Å². The van der Waals surface area contributed by atoms with Crippen molar-refractivity contribution in [2.45, 2.75) is 39.3 Å². The summed E-state index contributed by atoms with van der Waals surface area (Å²) < 4.78 is 0. The summed E-state index contributed by atoms with van der Waals surface area (Å²) in [4.78, 5) is 2.31. The highest BCUT2D eigenvalue weighted by Crippen LogP contribution is 2.28. The fourth-order valence-corrected chi connectivity index (χ4v) is 3.15. The standard InChI is InChI=1S/C16H27ClN2S/c1-6-18-13(3)15-8-7-14(11-16(15)17)19(4)12(2)9-10-20-5/h7-8,11-13,18H,6,9-10H2,1-5H3. The first kappa shape index (κ1) is 17.7. The van der Waals surface area contributed by atoms with Crippen LogP contribution in [0, 0.1) is 0 Å². The topological polar surface area (TPSA) is 15.3 Å². The van der Waals surface area contributed by atoms with Gasteiger partial charge in [-0.15, -0.1) is 0 Å². The summed E-state index contributed by atoms with van der Waals surface area (Å²) >= 11 is 8.34. The van der Waals surface area contributed by atoms with Gasteiger partial charge in [-0.05, 0) is 56.5 Å². The van der Waals surface area contributed by atoms with Gasteiger partial charge in [0.25, 0.3) is 0 Å². The van der Waals surface area contributed by atoms with Gasteiger partial charge in [-0.25, -0.2) is 0 Å². The van der Waals surface area contributed by atoms with Crippen LogP contribution in [0.25, 0.3) is 0 Å². The first-order valence-corrected chi connectivity index (χ1v) is 9.03. The van der Waals surface area contributed by atoms with E-state index in [2.05, 4.69) is 62.5 Å². The molecule has 0 saturated carbocycles. The average molecular weight is 315 g/mol. The lowest BCUT2D eigenvalue weighted by molar-refractivity contribution is 0.598. The van der Waals surface area contributed by atoms with Crippen LogP contribution < -0.4 is 10.2 Å². The van der Waals surface area contributed by atoms with Crippen molar-refractivity contribution in [2.75, 3.05) is 30.5 Å². The molecule has 4 heteroatoms. The zero-order valence-electron chi connectivity index (χ0n) is 13.2. The zero-order chi connectivity index (χ0) is 15.1. The Morgan fingerprint density at radius 2 is 2.05 bits per heavy atom. The third kappa shape index (κ3) is 4.87. The van der Waals surface area contributed by atoms with Crippen molar-refractivity contribution in [3.8, 4) is 0 Å². The van der Waals surface area contributed by atoms with Crippen LogP contribution in [0.2, 0.25) is 5.02 Å². The van der Waals surface area contributed by atoms with Gasteiger partial charge in [0.1, 0.15) is 0 Å². The third-order valence-corrected chi connectivity index (χ3v) is 4.74. The summed E-state index contributed by atoms with van der Waals surface area (Å²) in [5.74, 6) is 1.19. The summed E-state index contributed by atoms with van der Waals surface area (Å²) in [5, 5.41) is 4.25. The summed E-state index contributed by atoms with van der Waals surface area (Å²) in [6.45, 7) is 7.47. The Bertz CT molecular complexity index is 411. The normalized spacial score (nSPS) is 14.1. The molecule has 1 aromatic carbocycles. The maximum atomic E-state index is 6.44. The van der Waals surface area contributed by atoms with E-state index in [4.69, 9.17) is 11.6 Å². The molecule has 114 valence electrons. The number of rotatable bonds is 8. The highest BCUT2D eigenvalue weighted by Gasteiger charge is 2.13. The smallest absolute Gasteiger partial charge is 0.0474 e. The van der Waals surface area contributed by atoms with E-state index in [1.165, 1.54) is 23.4 Å². The largest absolute Gasteiger partial charge is 0.372 e. The monoisotopic (exact) mass is 314 g/mol. The lowest BCUT2D eigenvalue weighted by Crippen LogP contribution is -2.29. The van der Waals surface area contributed by atoms with Crippen LogP contribution in [0.5, 0.6) is 0 Å². The predicted molar refractivity (Wildman–Crippen MR) is 94.4 cm³/mol. The Morgan fingerprint density at radius 3 is 2.60 bits per heavy atom. The Hall–Kier alpha value is -0.380. The van der Waals surface area contributed by atoms with Crippen molar-refractivity contribution < 1.29 is 0 Å². The lowest BCUT2D eigenvalue weighted by Gasteiger charge is -2.28. The number of halogens is 1. The molecule has 1 aromatic rings. The number of nitrogens with zero attached hydrogens (tertiary/aromatic N) is 1. The number of benzene rings is 1. The van der Waals surface area contributed by atoms with Crippen molar-refractivity contribution in [1.29, 1.82) is 0 Å². The van der Waals surface area contributed by atoms with Gasteiger partial charge >= 0.3 is 0 Å².